The van der Waals surface area contributed by atoms with Gasteiger partial charge in [-0.2, -0.15) is 8.78 Å². The second-order valence-corrected chi connectivity index (χ2v) is 3.96. The van der Waals surface area contributed by atoms with E-state index < -0.39 is 6.61 Å². The maximum Gasteiger partial charge on any atom is 0.387 e. The summed E-state index contributed by atoms with van der Waals surface area (Å²) in [7, 11) is 0. The average Bonchev–Trinajstić information content (AvgIpc) is 2.19. The van der Waals surface area contributed by atoms with Crippen LogP contribution in [0.3, 0.4) is 0 Å². The van der Waals surface area contributed by atoms with Gasteiger partial charge in [-0.1, -0.05) is 6.92 Å². The lowest BCUT2D eigenvalue weighted by molar-refractivity contribution is -0.0498. The molecule has 0 unspecified atom stereocenters. The molecule has 0 spiro atoms. The SMILES string of the molecule is CCC(=O)c1cc(OC(F)F)ccc1I. The van der Waals surface area contributed by atoms with Crippen LogP contribution < -0.4 is 4.74 Å². The number of rotatable bonds is 4. The Kier molecular flexibility index (Phi) is 4.44. The lowest BCUT2D eigenvalue weighted by Crippen LogP contribution is -2.05. The third kappa shape index (κ3) is 3.40. The number of ether oxygens (including phenoxy) is 1. The first kappa shape index (κ1) is 12.4. The molecule has 0 aliphatic heterocycles. The number of halogens is 3. The van der Waals surface area contributed by atoms with Crippen LogP contribution in [0.4, 0.5) is 8.78 Å². The minimum atomic E-state index is -2.87. The largest absolute Gasteiger partial charge is 0.435 e. The Morgan fingerprint density at radius 2 is 2.20 bits per heavy atom. The zero-order valence-electron chi connectivity index (χ0n) is 7.97. The number of benzene rings is 1. The van der Waals surface area contributed by atoms with E-state index in [1.807, 2.05) is 22.6 Å². The van der Waals surface area contributed by atoms with Gasteiger partial charge in [0.25, 0.3) is 0 Å². The number of ketones is 1. The highest BCUT2D eigenvalue weighted by Gasteiger charge is 2.11. The van der Waals surface area contributed by atoms with Gasteiger partial charge in [-0.15, -0.1) is 0 Å². The van der Waals surface area contributed by atoms with E-state index in [1.165, 1.54) is 12.1 Å². The van der Waals surface area contributed by atoms with Crippen LogP contribution in [-0.2, 0) is 0 Å². The fourth-order valence-electron chi connectivity index (χ4n) is 1.08. The van der Waals surface area contributed by atoms with Crippen molar-refractivity contribution in [2.75, 3.05) is 0 Å². The van der Waals surface area contributed by atoms with Gasteiger partial charge in [-0.25, -0.2) is 0 Å². The molecule has 0 atom stereocenters. The molecule has 0 radical (unpaired) electrons. The summed E-state index contributed by atoms with van der Waals surface area (Å²) in [6.07, 6.45) is 0.341. The predicted octanol–water partition coefficient (Wildman–Crippen LogP) is 3.49. The van der Waals surface area contributed by atoms with Gasteiger partial charge in [0.15, 0.2) is 5.78 Å². The van der Waals surface area contributed by atoms with E-state index in [9.17, 15) is 13.6 Å². The van der Waals surface area contributed by atoms with Crippen LogP contribution in [0, 0.1) is 3.57 Å². The zero-order valence-corrected chi connectivity index (χ0v) is 10.1. The fourth-order valence-corrected chi connectivity index (χ4v) is 1.72. The van der Waals surface area contributed by atoms with E-state index in [4.69, 9.17) is 0 Å². The normalized spacial score (nSPS) is 10.5. The highest BCUT2D eigenvalue weighted by Crippen LogP contribution is 2.22. The van der Waals surface area contributed by atoms with E-state index in [1.54, 1.807) is 13.0 Å². The highest BCUT2D eigenvalue weighted by atomic mass is 127. The summed E-state index contributed by atoms with van der Waals surface area (Å²) in [4.78, 5) is 11.4. The molecule has 0 saturated carbocycles. The van der Waals surface area contributed by atoms with Crippen molar-refractivity contribution in [1.29, 1.82) is 0 Å². The van der Waals surface area contributed by atoms with Crippen molar-refractivity contribution < 1.29 is 18.3 Å². The van der Waals surface area contributed by atoms with E-state index in [-0.39, 0.29) is 11.5 Å². The molecule has 0 bridgehead atoms. The molecule has 82 valence electrons. The highest BCUT2D eigenvalue weighted by molar-refractivity contribution is 14.1. The molecule has 15 heavy (non-hydrogen) atoms. The van der Waals surface area contributed by atoms with Gasteiger partial charge >= 0.3 is 6.61 Å². The number of alkyl halides is 2. The Labute approximate surface area is 99.8 Å². The first-order valence-electron chi connectivity index (χ1n) is 4.32. The second-order valence-electron chi connectivity index (χ2n) is 2.80. The molecule has 0 N–H and O–H groups in total. The summed E-state index contributed by atoms with van der Waals surface area (Å²) in [6.45, 7) is -1.14. The minimum Gasteiger partial charge on any atom is -0.435 e. The van der Waals surface area contributed by atoms with E-state index in [2.05, 4.69) is 4.74 Å². The van der Waals surface area contributed by atoms with Crippen LogP contribution >= 0.6 is 22.6 Å². The molecule has 1 rings (SSSR count). The Bertz CT molecular complexity index is 366. The lowest BCUT2D eigenvalue weighted by atomic mass is 10.1. The van der Waals surface area contributed by atoms with Crippen LogP contribution in [0.5, 0.6) is 5.75 Å². The second kappa shape index (κ2) is 5.39. The van der Waals surface area contributed by atoms with E-state index >= 15 is 0 Å². The quantitative estimate of drug-likeness (QED) is 0.625. The predicted molar refractivity (Wildman–Crippen MR) is 60.4 cm³/mol. The molecule has 1 aromatic carbocycles. The molecule has 5 heteroatoms. The monoisotopic (exact) mass is 326 g/mol. The first-order chi connectivity index (χ1) is 7.04. The lowest BCUT2D eigenvalue weighted by Gasteiger charge is -2.07. The summed E-state index contributed by atoms with van der Waals surface area (Å²) < 4.78 is 28.8. The molecule has 1 aromatic rings. The van der Waals surface area contributed by atoms with Crippen molar-refractivity contribution >= 4 is 28.4 Å². The summed E-state index contributed by atoms with van der Waals surface area (Å²) in [6, 6.07) is 4.35. The fraction of sp³-hybridized carbons (Fsp3) is 0.300. The average molecular weight is 326 g/mol. The number of carbonyl (C=O) groups excluding carboxylic acids is 1. The molecule has 0 aromatic heterocycles. The van der Waals surface area contributed by atoms with Crippen molar-refractivity contribution in [3.63, 3.8) is 0 Å². The number of hydrogen-bond donors (Lipinski definition) is 0. The van der Waals surface area contributed by atoms with Crippen molar-refractivity contribution in [1.82, 2.24) is 0 Å². The molecule has 0 aliphatic rings. The molecule has 0 heterocycles. The van der Waals surface area contributed by atoms with Crippen molar-refractivity contribution in [3.8, 4) is 5.75 Å². The Balaban J connectivity index is 3.00. The third-order valence-electron chi connectivity index (χ3n) is 1.78. The number of hydrogen-bond acceptors (Lipinski definition) is 2. The van der Waals surface area contributed by atoms with Crippen LogP contribution in [0.15, 0.2) is 18.2 Å². The molecular weight excluding hydrogens is 317 g/mol. The summed E-state index contributed by atoms with van der Waals surface area (Å²) >= 11 is 1.99. The van der Waals surface area contributed by atoms with Crippen LogP contribution in [0.1, 0.15) is 23.7 Å². The molecule has 2 nitrogen and oxygen atoms in total. The molecule has 0 aliphatic carbocycles. The van der Waals surface area contributed by atoms with Gasteiger partial charge in [0.1, 0.15) is 5.75 Å². The van der Waals surface area contributed by atoms with E-state index in [0.29, 0.717) is 12.0 Å². The molecule has 0 saturated heterocycles. The van der Waals surface area contributed by atoms with Crippen LogP contribution in [0.25, 0.3) is 0 Å². The zero-order chi connectivity index (χ0) is 11.4. The Hall–Kier alpha value is -0.720. The summed E-state index contributed by atoms with van der Waals surface area (Å²) in [5, 5.41) is 0. The molecule has 0 amide bonds. The van der Waals surface area contributed by atoms with Gasteiger partial charge in [-0.05, 0) is 40.8 Å². The molecule has 0 fully saturated rings. The van der Waals surface area contributed by atoms with Gasteiger partial charge < -0.3 is 4.74 Å². The van der Waals surface area contributed by atoms with Crippen LogP contribution in [0.2, 0.25) is 0 Å². The number of carbonyl (C=O) groups is 1. The van der Waals surface area contributed by atoms with Gasteiger partial charge in [0.2, 0.25) is 0 Å². The summed E-state index contributed by atoms with van der Waals surface area (Å²) in [5.74, 6) is -0.0682. The van der Waals surface area contributed by atoms with Gasteiger partial charge in [0.05, 0.1) is 0 Å². The Morgan fingerprint density at radius 3 is 2.73 bits per heavy atom. The smallest absolute Gasteiger partial charge is 0.387 e. The maximum absolute atomic E-state index is 11.9. The third-order valence-corrected chi connectivity index (χ3v) is 2.73. The van der Waals surface area contributed by atoms with Gasteiger partial charge in [-0.3, -0.25) is 4.79 Å². The van der Waals surface area contributed by atoms with Crippen molar-refractivity contribution in [3.05, 3.63) is 27.3 Å². The minimum absolute atomic E-state index is 0.0159. The standard InChI is InChI=1S/C10H9F2IO2/c1-2-9(14)7-5-6(15-10(11)12)3-4-8(7)13/h3-5,10H,2H2,1H3. The maximum atomic E-state index is 11.9. The van der Waals surface area contributed by atoms with Crippen molar-refractivity contribution in [2.24, 2.45) is 0 Å². The van der Waals surface area contributed by atoms with E-state index in [0.717, 1.165) is 3.57 Å². The summed E-state index contributed by atoms with van der Waals surface area (Å²) in [5.41, 5.74) is 0.427. The number of Topliss-reactive ketones (excluding diaryl/α,β-unsaturated/α-hetero) is 1. The van der Waals surface area contributed by atoms with Gasteiger partial charge in [0, 0.05) is 15.6 Å². The topological polar surface area (TPSA) is 26.3 Å². The Morgan fingerprint density at radius 1 is 1.53 bits per heavy atom. The molecular formula is C10H9F2IO2. The van der Waals surface area contributed by atoms with Crippen LogP contribution in [-0.4, -0.2) is 12.4 Å². The first-order valence-corrected chi connectivity index (χ1v) is 5.40. The van der Waals surface area contributed by atoms with Crippen molar-refractivity contribution in [2.45, 2.75) is 20.0 Å².